The molecule has 1 aromatic heterocycles. The quantitative estimate of drug-likeness (QED) is 0.589. The first kappa shape index (κ1) is 14.4. The standard InChI is InChI=1S/C15H11N5O3/c21-15(18-11-4-2-1-3-5-11)13-8-12(20(22)23)6-7-14(13)19-10-16-9-17-19/h1-10H,(H,18,21). The smallest absolute Gasteiger partial charge is 0.270 e. The molecule has 8 nitrogen and oxygen atoms in total. The molecule has 0 unspecified atom stereocenters. The third kappa shape index (κ3) is 3.05. The summed E-state index contributed by atoms with van der Waals surface area (Å²) in [6, 6.07) is 12.8. The third-order valence-electron chi connectivity index (χ3n) is 3.13. The van der Waals surface area contributed by atoms with Gasteiger partial charge in [-0.15, -0.1) is 0 Å². The Hall–Kier alpha value is -3.55. The Kier molecular flexibility index (Phi) is 3.79. The maximum Gasteiger partial charge on any atom is 0.270 e. The number of amides is 1. The van der Waals surface area contributed by atoms with E-state index in [4.69, 9.17) is 0 Å². The van der Waals surface area contributed by atoms with Crippen molar-refractivity contribution in [3.8, 4) is 5.69 Å². The summed E-state index contributed by atoms with van der Waals surface area (Å²) in [5.74, 6) is -0.467. The van der Waals surface area contributed by atoms with E-state index in [1.165, 1.54) is 35.5 Å². The van der Waals surface area contributed by atoms with Crippen molar-refractivity contribution in [2.75, 3.05) is 5.32 Å². The third-order valence-corrected chi connectivity index (χ3v) is 3.13. The average molecular weight is 309 g/mol. The molecule has 1 heterocycles. The molecule has 0 aliphatic carbocycles. The number of nitro benzene ring substituents is 1. The van der Waals surface area contributed by atoms with Gasteiger partial charge in [0.2, 0.25) is 0 Å². The molecule has 2 aromatic carbocycles. The number of benzene rings is 2. The topological polar surface area (TPSA) is 103 Å². The molecule has 0 bridgehead atoms. The van der Waals surface area contributed by atoms with Crippen molar-refractivity contribution in [1.29, 1.82) is 0 Å². The van der Waals surface area contributed by atoms with Crippen molar-refractivity contribution in [3.63, 3.8) is 0 Å². The Morgan fingerprint density at radius 1 is 1.17 bits per heavy atom. The van der Waals surface area contributed by atoms with Gasteiger partial charge in [-0.3, -0.25) is 14.9 Å². The lowest BCUT2D eigenvalue weighted by Gasteiger charge is -2.10. The second-order valence-corrected chi connectivity index (χ2v) is 4.62. The molecule has 0 aliphatic heterocycles. The van der Waals surface area contributed by atoms with E-state index in [0.717, 1.165) is 0 Å². The van der Waals surface area contributed by atoms with E-state index in [9.17, 15) is 14.9 Å². The average Bonchev–Trinajstić information content (AvgIpc) is 3.09. The van der Waals surface area contributed by atoms with Gasteiger partial charge < -0.3 is 5.32 Å². The van der Waals surface area contributed by atoms with E-state index in [1.54, 1.807) is 24.3 Å². The Bertz CT molecular complexity index is 847. The van der Waals surface area contributed by atoms with Gasteiger partial charge in [0.15, 0.2) is 0 Å². The molecular formula is C15H11N5O3. The highest BCUT2D eigenvalue weighted by Gasteiger charge is 2.18. The van der Waals surface area contributed by atoms with Crippen molar-refractivity contribution < 1.29 is 9.72 Å². The zero-order chi connectivity index (χ0) is 16.2. The van der Waals surface area contributed by atoms with Gasteiger partial charge in [0, 0.05) is 17.8 Å². The van der Waals surface area contributed by atoms with Crippen molar-refractivity contribution in [2.45, 2.75) is 0 Å². The summed E-state index contributed by atoms with van der Waals surface area (Å²) in [6.45, 7) is 0. The lowest BCUT2D eigenvalue weighted by atomic mass is 10.1. The van der Waals surface area contributed by atoms with Crippen molar-refractivity contribution in [3.05, 3.63) is 76.9 Å². The van der Waals surface area contributed by atoms with Crippen LogP contribution < -0.4 is 5.32 Å². The summed E-state index contributed by atoms with van der Waals surface area (Å²) in [6.07, 6.45) is 2.74. The van der Waals surface area contributed by atoms with Crippen LogP contribution in [0.5, 0.6) is 0 Å². The molecule has 0 spiro atoms. The number of nitrogens with one attached hydrogen (secondary N) is 1. The van der Waals surface area contributed by atoms with Gasteiger partial charge in [0.25, 0.3) is 11.6 Å². The van der Waals surface area contributed by atoms with E-state index < -0.39 is 10.8 Å². The maximum atomic E-state index is 12.5. The highest BCUT2D eigenvalue weighted by molar-refractivity contribution is 6.07. The molecule has 0 aliphatic rings. The van der Waals surface area contributed by atoms with E-state index in [-0.39, 0.29) is 11.3 Å². The summed E-state index contributed by atoms with van der Waals surface area (Å²) in [5, 5.41) is 17.6. The fourth-order valence-electron chi connectivity index (χ4n) is 2.07. The van der Waals surface area contributed by atoms with Gasteiger partial charge in [-0.2, -0.15) is 5.10 Å². The van der Waals surface area contributed by atoms with Crippen LogP contribution >= 0.6 is 0 Å². The number of nitro groups is 1. The molecule has 0 atom stereocenters. The van der Waals surface area contributed by atoms with Crippen molar-refractivity contribution >= 4 is 17.3 Å². The normalized spacial score (nSPS) is 10.3. The van der Waals surface area contributed by atoms with Crippen LogP contribution in [0.25, 0.3) is 5.69 Å². The summed E-state index contributed by atoms with van der Waals surface area (Å²) < 4.78 is 1.38. The number of carbonyl (C=O) groups is 1. The van der Waals surface area contributed by atoms with Crippen molar-refractivity contribution in [2.24, 2.45) is 0 Å². The number of hydrogen-bond acceptors (Lipinski definition) is 5. The van der Waals surface area contributed by atoms with E-state index in [2.05, 4.69) is 15.4 Å². The molecule has 0 saturated heterocycles. The van der Waals surface area contributed by atoms with Crippen LogP contribution in [0.15, 0.2) is 61.2 Å². The van der Waals surface area contributed by atoms with Gasteiger partial charge in [-0.25, -0.2) is 9.67 Å². The number of para-hydroxylation sites is 1. The van der Waals surface area contributed by atoms with Crippen LogP contribution in [0.1, 0.15) is 10.4 Å². The zero-order valence-electron chi connectivity index (χ0n) is 11.8. The van der Waals surface area contributed by atoms with E-state index in [0.29, 0.717) is 11.4 Å². The van der Waals surface area contributed by atoms with Gasteiger partial charge in [-0.05, 0) is 18.2 Å². The van der Waals surface area contributed by atoms with Gasteiger partial charge in [-0.1, -0.05) is 18.2 Å². The molecule has 0 saturated carbocycles. The first-order valence-electron chi connectivity index (χ1n) is 6.65. The second-order valence-electron chi connectivity index (χ2n) is 4.62. The zero-order valence-corrected chi connectivity index (χ0v) is 11.8. The van der Waals surface area contributed by atoms with Crippen molar-refractivity contribution in [1.82, 2.24) is 14.8 Å². The number of aromatic nitrogens is 3. The molecule has 3 rings (SSSR count). The number of non-ortho nitro benzene ring substituents is 1. The molecule has 3 aromatic rings. The highest BCUT2D eigenvalue weighted by atomic mass is 16.6. The first-order valence-corrected chi connectivity index (χ1v) is 6.65. The Balaban J connectivity index is 2.02. The SMILES string of the molecule is O=C(Nc1ccccc1)c1cc([N+](=O)[O-])ccc1-n1cncn1. The fourth-order valence-corrected chi connectivity index (χ4v) is 2.07. The molecule has 1 amide bonds. The molecular weight excluding hydrogens is 298 g/mol. The van der Waals surface area contributed by atoms with Crippen LogP contribution in [-0.2, 0) is 0 Å². The molecule has 8 heteroatoms. The summed E-state index contributed by atoms with van der Waals surface area (Å²) in [5.41, 5.74) is 0.954. The van der Waals surface area contributed by atoms with Crippen LogP contribution in [0.3, 0.4) is 0 Å². The molecule has 114 valence electrons. The number of carbonyl (C=O) groups excluding carboxylic acids is 1. The van der Waals surface area contributed by atoms with Crippen LogP contribution in [0.2, 0.25) is 0 Å². The van der Waals surface area contributed by atoms with Crippen LogP contribution in [0, 0.1) is 10.1 Å². The summed E-state index contributed by atoms with van der Waals surface area (Å²) in [7, 11) is 0. The van der Waals surface area contributed by atoms with Gasteiger partial charge in [0.05, 0.1) is 16.2 Å². The molecule has 0 radical (unpaired) electrons. The monoisotopic (exact) mass is 309 g/mol. The second kappa shape index (κ2) is 6.06. The lowest BCUT2D eigenvalue weighted by Crippen LogP contribution is -2.15. The first-order chi connectivity index (χ1) is 11.1. The predicted molar refractivity (Wildman–Crippen MR) is 82.4 cm³/mol. The van der Waals surface area contributed by atoms with E-state index >= 15 is 0 Å². The van der Waals surface area contributed by atoms with Crippen LogP contribution in [0.4, 0.5) is 11.4 Å². The maximum absolute atomic E-state index is 12.5. The predicted octanol–water partition coefficient (Wildman–Crippen LogP) is 2.43. The summed E-state index contributed by atoms with van der Waals surface area (Å²) >= 11 is 0. The number of anilines is 1. The highest BCUT2D eigenvalue weighted by Crippen LogP contribution is 2.22. The minimum atomic E-state index is -0.551. The number of rotatable bonds is 4. The minimum Gasteiger partial charge on any atom is -0.322 e. The Labute approximate surface area is 130 Å². The molecule has 0 fully saturated rings. The van der Waals surface area contributed by atoms with Gasteiger partial charge >= 0.3 is 0 Å². The summed E-state index contributed by atoms with van der Waals surface area (Å²) in [4.78, 5) is 26.8. The molecule has 23 heavy (non-hydrogen) atoms. The van der Waals surface area contributed by atoms with Crippen LogP contribution in [-0.4, -0.2) is 25.6 Å². The van der Waals surface area contributed by atoms with E-state index in [1.807, 2.05) is 6.07 Å². The van der Waals surface area contributed by atoms with Gasteiger partial charge in [0.1, 0.15) is 12.7 Å². The number of nitrogens with zero attached hydrogens (tertiary/aromatic N) is 4. The Morgan fingerprint density at radius 3 is 2.61 bits per heavy atom. The Morgan fingerprint density at radius 2 is 1.96 bits per heavy atom. The minimum absolute atomic E-state index is 0.133. The largest absolute Gasteiger partial charge is 0.322 e. The molecule has 1 N–H and O–H groups in total. The fraction of sp³-hybridized carbons (Fsp3) is 0. The lowest BCUT2D eigenvalue weighted by molar-refractivity contribution is -0.384. The number of hydrogen-bond donors (Lipinski definition) is 1.